The predicted molar refractivity (Wildman–Crippen MR) is 73.6 cm³/mol. The van der Waals surface area contributed by atoms with E-state index < -0.39 is 10.0 Å². The van der Waals surface area contributed by atoms with Crippen LogP contribution in [0, 0.1) is 0 Å². The van der Waals surface area contributed by atoms with Crippen LogP contribution in [0.5, 0.6) is 0 Å². The van der Waals surface area contributed by atoms with Gasteiger partial charge in [0.05, 0.1) is 33.4 Å². The van der Waals surface area contributed by atoms with Crippen LogP contribution in [0.25, 0.3) is 0 Å². The predicted octanol–water partition coefficient (Wildman–Crippen LogP) is 2.65. The van der Waals surface area contributed by atoms with E-state index in [9.17, 15) is 8.42 Å². The zero-order chi connectivity index (χ0) is 14.0. The quantitative estimate of drug-likeness (QED) is 0.848. The molecule has 2 aromatic rings. The standard InChI is InChI=1S/C11H10Cl2N2O3S/c12-9-4-8(5-10(13)11(9)14)19(16,17)15-6-7-2-1-3-18-7/h1-5,15H,6,14H2. The number of nitrogens with two attached hydrogens (primary N) is 1. The monoisotopic (exact) mass is 320 g/mol. The van der Waals surface area contributed by atoms with Crippen LogP contribution < -0.4 is 10.5 Å². The highest BCUT2D eigenvalue weighted by molar-refractivity contribution is 7.89. The van der Waals surface area contributed by atoms with Gasteiger partial charge in [0.1, 0.15) is 5.76 Å². The average molecular weight is 321 g/mol. The molecule has 1 aromatic carbocycles. The third kappa shape index (κ3) is 3.22. The molecule has 0 atom stereocenters. The minimum atomic E-state index is -3.73. The minimum absolute atomic E-state index is 0.0367. The Bertz CT molecular complexity index is 661. The van der Waals surface area contributed by atoms with Crippen molar-refractivity contribution < 1.29 is 12.8 Å². The van der Waals surface area contributed by atoms with Gasteiger partial charge in [0, 0.05) is 0 Å². The Balaban J connectivity index is 2.24. The Morgan fingerprint density at radius 3 is 2.42 bits per heavy atom. The molecule has 0 bridgehead atoms. The second-order valence-electron chi connectivity index (χ2n) is 3.70. The van der Waals surface area contributed by atoms with Gasteiger partial charge in [-0.2, -0.15) is 0 Å². The summed E-state index contributed by atoms with van der Waals surface area (Å²) < 4.78 is 31.5. The zero-order valence-corrected chi connectivity index (χ0v) is 11.9. The molecule has 0 aliphatic heterocycles. The normalized spacial score (nSPS) is 11.7. The summed E-state index contributed by atoms with van der Waals surface area (Å²) in [6.45, 7) is 0.0367. The molecule has 5 nitrogen and oxygen atoms in total. The molecule has 0 spiro atoms. The number of nitrogen functional groups attached to an aromatic ring is 1. The van der Waals surface area contributed by atoms with Crippen molar-refractivity contribution in [3.8, 4) is 0 Å². The Labute approximate surface area is 120 Å². The molecule has 0 aliphatic rings. The smallest absolute Gasteiger partial charge is 0.241 e. The molecular formula is C11H10Cl2N2O3S. The third-order valence-corrected chi connectivity index (χ3v) is 4.39. The SMILES string of the molecule is Nc1c(Cl)cc(S(=O)(=O)NCc2ccco2)cc1Cl. The fourth-order valence-electron chi connectivity index (χ4n) is 1.38. The van der Waals surface area contributed by atoms with Crippen LogP contribution >= 0.6 is 23.2 Å². The van der Waals surface area contributed by atoms with Gasteiger partial charge in [-0.05, 0) is 24.3 Å². The first-order chi connectivity index (χ1) is 8.90. The van der Waals surface area contributed by atoms with Crippen LogP contribution in [0.2, 0.25) is 10.0 Å². The van der Waals surface area contributed by atoms with Crippen molar-refractivity contribution in [1.82, 2.24) is 4.72 Å². The number of hydrogen-bond acceptors (Lipinski definition) is 4. The lowest BCUT2D eigenvalue weighted by Gasteiger charge is -2.08. The summed E-state index contributed by atoms with van der Waals surface area (Å²) in [7, 11) is -3.73. The molecule has 0 saturated carbocycles. The van der Waals surface area contributed by atoms with Gasteiger partial charge in [0.25, 0.3) is 0 Å². The maximum absolute atomic E-state index is 12.0. The molecule has 19 heavy (non-hydrogen) atoms. The first-order valence-electron chi connectivity index (χ1n) is 5.17. The first kappa shape index (κ1) is 14.2. The number of nitrogens with one attached hydrogen (secondary N) is 1. The molecule has 2 rings (SSSR count). The van der Waals surface area contributed by atoms with Crippen molar-refractivity contribution in [2.75, 3.05) is 5.73 Å². The van der Waals surface area contributed by atoms with Gasteiger partial charge in [-0.3, -0.25) is 0 Å². The number of hydrogen-bond donors (Lipinski definition) is 2. The molecule has 0 radical (unpaired) electrons. The van der Waals surface area contributed by atoms with Gasteiger partial charge in [-0.25, -0.2) is 13.1 Å². The second-order valence-corrected chi connectivity index (χ2v) is 6.29. The number of rotatable bonds is 4. The van der Waals surface area contributed by atoms with E-state index in [2.05, 4.69) is 4.72 Å². The Kier molecular flexibility index (Phi) is 4.05. The van der Waals surface area contributed by atoms with E-state index in [1.54, 1.807) is 12.1 Å². The maximum atomic E-state index is 12.0. The van der Waals surface area contributed by atoms with Gasteiger partial charge < -0.3 is 10.2 Å². The summed E-state index contributed by atoms with van der Waals surface area (Å²) in [4.78, 5) is -0.0525. The van der Waals surface area contributed by atoms with Gasteiger partial charge in [0.15, 0.2) is 0 Å². The van der Waals surface area contributed by atoms with E-state index in [0.29, 0.717) is 5.76 Å². The molecule has 3 N–H and O–H groups in total. The van der Waals surface area contributed by atoms with Gasteiger partial charge in [0.2, 0.25) is 10.0 Å². The van der Waals surface area contributed by atoms with Gasteiger partial charge in [-0.1, -0.05) is 23.2 Å². The molecule has 8 heteroatoms. The van der Waals surface area contributed by atoms with Crippen LogP contribution in [0.1, 0.15) is 5.76 Å². The van der Waals surface area contributed by atoms with Crippen molar-refractivity contribution >= 4 is 38.9 Å². The number of anilines is 1. The van der Waals surface area contributed by atoms with Gasteiger partial charge >= 0.3 is 0 Å². The van der Waals surface area contributed by atoms with E-state index in [4.69, 9.17) is 33.4 Å². The summed E-state index contributed by atoms with van der Waals surface area (Å²) in [5.41, 5.74) is 5.70. The molecule has 0 fully saturated rings. The number of sulfonamides is 1. The molecule has 0 aliphatic carbocycles. The average Bonchev–Trinajstić information content (AvgIpc) is 2.86. The Hall–Kier alpha value is -1.21. The molecule has 0 amide bonds. The molecule has 0 saturated heterocycles. The van der Waals surface area contributed by atoms with Crippen molar-refractivity contribution in [3.63, 3.8) is 0 Å². The lowest BCUT2D eigenvalue weighted by Crippen LogP contribution is -2.23. The minimum Gasteiger partial charge on any atom is -0.468 e. The fraction of sp³-hybridized carbons (Fsp3) is 0.0909. The van der Waals surface area contributed by atoms with E-state index in [-0.39, 0.29) is 27.2 Å². The molecule has 1 aromatic heterocycles. The third-order valence-electron chi connectivity index (χ3n) is 2.38. The van der Waals surface area contributed by atoms with Crippen LogP contribution in [0.4, 0.5) is 5.69 Å². The maximum Gasteiger partial charge on any atom is 0.241 e. The Morgan fingerprint density at radius 1 is 1.26 bits per heavy atom. The van der Waals surface area contributed by atoms with E-state index in [1.165, 1.54) is 18.4 Å². The van der Waals surface area contributed by atoms with E-state index in [0.717, 1.165) is 0 Å². The van der Waals surface area contributed by atoms with Crippen LogP contribution in [-0.4, -0.2) is 8.42 Å². The van der Waals surface area contributed by atoms with Crippen molar-refractivity contribution in [2.24, 2.45) is 0 Å². The summed E-state index contributed by atoms with van der Waals surface area (Å²) >= 11 is 11.6. The zero-order valence-electron chi connectivity index (χ0n) is 9.56. The molecule has 102 valence electrons. The lowest BCUT2D eigenvalue weighted by atomic mass is 10.3. The van der Waals surface area contributed by atoms with E-state index >= 15 is 0 Å². The highest BCUT2D eigenvalue weighted by atomic mass is 35.5. The lowest BCUT2D eigenvalue weighted by molar-refractivity contribution is 0.498. The second kappa shape index (κ2) is 5.42. The largest absolute Gasteiger partial charge is 0.468 e. The van der Waals surface area contributed by atoms with Gasteiger partial charge in [-0.15, -0.1) is 0 Å². The van der Waals surface area contributed by atoms with E-state index in [1.807, 2.05) is 0 Å². The highest BCUT2D eigenvalue weighted by Crippen LogP contribution is 2.30. The fourth-order valence-corrected chi connectivity index (χ4v) is 3.04. The van der Waals surface area contributed by atoms with Crippen molar-refractivity contribution in [2.45, 2.75) is 11.4 Å². The van der Waals surface area contributed by atoms with Crippen LogP contribution in [0.3, 0.4) is 0 Å². The van der Waals surface area contributed by atoms with Crippen molar-refractivity contribution in [1.29, 1.82) is 0 Å². The Morgan fingerprint density at radius 2 is 1.89 bits per heavy atom. The molecule has 1 heterocycles. The topological polar surface area (TPSA) is 85.3 Å². The first-order valence-corrected chi connectivity index (χ1v) is 7.40. The number of benzene rings is 1. The van der Waals surface area contributed by atoms with Crippen LogP contribution in [0.15, 0.2) is 39.8 Å². The van der Waals surface area contributed by atoms with Crippen molar-refractivity contribution in [3.05, 3.63) is 46.3 Å². The number of halogens is 2. The summed E-state index contributed by atoms with van der Waals surface area (Å²) in [6.07, 6.45) is 1.46. The molecular weight excluding hydrogens is 311 g/mol. The van der Waals surface area contributed by atoms with Crippen LogP contribution in [-0.2, 0) is 16.6 Å². The molecule has 0 unspecified atom stereocenters. The number of furan rings is 1. The summed E-state index contributed by atoms with van der Waals surface area (Å²) in [5, 5.41) is 0.178. The highest BCUT2D eigenvalue weighted by Gasteiger charge is 2.17. The summed E-state index contributed by atoms with van der Waals surface area (Å²) in [5.74, 6) is 0.496. The summed E-state index contributed by atoms with van der Waals surface area (Å²) in [6, 6.07) is 5.81.